The highest BCUT2D eigenvalue weighted by Gasteiger charge is 2.20. The van der Waals surface area contributed by atoms with Crippen molar-refractivity contribution in [3.63, 3.8) is 0 Å². The Hall–Kier alpha value is -1.06. The summed E-state index contributed by atoms with van der Waals surface area (Å²) in [4.78, 5) is 0. The van der Waals surface area contributed by atoms with Gasteiger partial charge in [-0.15, -0.1) is 0 Å². The van der Waals surface area contributed by atoms with E-state index in [1.165, 1.54) is 0 Å². The molecule has 3 heteroatoms. The molecule has 0 bridgehead atoms. The number of hydrogen-bond acceptors (Lipinski definition) is 3. The summed E-state index contributed by atoms with van der Waals surface area (Å²) >= 11 is 0. The van der Waals surface area contributed by atoms with Gasteiger partial charge in [0.15, 0.2) is 0 Å². The van der Waals surface area contributed by atoms with Gasteiger partial charge in [0.1, 0.15) is 5.75 Å². The van der Waals surface area contributed by atoms with Crippen molar-refractivity contribution >= 4 is 0 Å². The maximum atomic E-state index is 9.14. The Bertz CT molecular complexity index is 283. The summed E-state index contributed by atoms with van der Waals surface area (Å²) in [5, 5.41) is 9.14. The molecule has 3 N–H and O–H groups in total. The number of hydrogen-bond donors (Lipinski definition) is 2. The van der Waals surface area contributed by atoms with Crippen LogP contribution in [-0.2, 0) is 0 Å². The molecule has 0 saturated carbocycles. The molecule has 0 aliphatic carbocycles. The standard InChI is InChI=1S/C13H21NO2/c1-2-13(14,11-15)9-6-10-16-12-7-4-3-5-8-12/h3-5,7-8,15H,2,6,9-11,14H2,1H3. The normalized spacial score (nSPS) is 14.4. The highest BCUT2D eigenvalue weighted by molar-refractivity contribution is 5.20. The van der Waals surface area contributed by atoms with Crippen LogP contribution >= 0.6 is 0 Å². The lowest BCUT2D eigenvalue weighted by atomic mass is 9.93. The minimum absolute atomic E-state index is 0.0365. The second-order valence-electron chi connectivity index (χ2n) is 4.14. The fourth-order valence-electron chi connectivity index (χ4n) is 1.50. The SMILES string of the molecule is CCC(N)(CO)CCCOc1ccccc1. The smallest absolute Gasteiger partial charge is 0.119 e. The Morgan fingerprint density at radius 2 is 2.00 bits per heavy atom. The largest absolute Gasteiger partial charge is 0.494 e. The summed E-state index contributed by atoms with van der Waals surface area (Å²) in [5.41, 5.74) is 5.53. The van der Waals surface area contributed by atoms with Gasteiger partial charge in [-0.3, -0.25) is 0 Å². The van der Waals surface area contributed by atoms with E-state index in [9.17, 15) is 0 Å². The van der Waals surface area contributed by atoms with Crippen LogP contribution in [0.25, 0.3) is 0 Å². The molecule has 0 heterocycles. The first-order chi connectivity index (χ1) is 7.70. The van der Waals surface area contributed by atoms with Gasteiger partial charge in [0.05, 0.1) is 13.2 Å². The Morgan fingerprint density at radius 1 is 1.31 bits per heavy atom. The average molecular weight is 223 g/mol. The van der Waals surface area contributed by atoms with Crippen molar-refractivity contribution in [2.75, 3.05) is 13.2 Å². The molecular weight excluding hydrogens is 202 g/mol. The van der Waals surface area contributed by atoms with Crippen molar-refractivity contribution < 1.29 is 9.84 Å². The van der Waals surface area contributed by atoms with Crippen molar-refractivity contribution in [3.8, 4) is 5.75 Å². The van der Waals surface area contributed by atoms with Gasteiger partial charge in [0, 0.05) is 5.54 Å². The van der Waals surface area contributed by atoms with Gasteiger partial charge in [-0.05, 0) is 31.4 Å². The molecule has 0 spiro atoms. The van der Waals surface area contributed by atoms with Gasteiger partial charge in [0.2, 0.25) is 0 Å². The number of nitrogens with two attached hydrogens (primary N) is 1. The summed E-state index contributed by atoms with van der Waals surface area (Å²) in [6.07, 6.45) is 2.43. The van der Waals surface area contributed by atoms with Crippen molar-refractivity contribution in [1.82, 2.24) is 0 Å². The number of rotatable bonds is 7. The van der Waals surface area contributed by atoms with E-state index in [1.807, 2.05) is 37.3 Å². The molecule has 0 saturated heterocycles. The minimum Gasteiger partial charge on any atom is -0.494 e. The Kier molecular flexibility index (Phi) is 5.29. The van der Waals surface area contributed by atoms with Gasteiger partial charge in [-0.25, -0.2) is 0 Å². The van der Waals surface area contributed by atoms with Gasteiger partial charge in [0.25, 0.3) is 0 Å². The second-order valence-corrected chi connectivity index (χ2v) is 4.14. The molecule has 1 atom stereocenters. The number of para-hydroxylation sites is 1. The van der Waals surface area contributed by atoms with Crippen molar-refractivity contribution in [2.45, 2.75) is 31.7 Å². The molecule has 0 amide bonds. The monoisotopic (exact) mass is 223 g/mol. The predicted molar refractivity (Wildman–Crippen MR) is 65.5 cm³/mol. The summed E-state index contributed by atoms with van der Waals surface area (Å²) in [6.45, 7) is 2.67. The first kappa shape index (κ1) is 13.0. The molecular formula is C13H21NO2. The maximum absolute atomic E-state index is 9.14. The Labute approximate surface area is 97.2 Å². The Balaban J connectivity index is 2.22. The molecule has 16 heavy (non-hydrogen) atoms. The van der Waals surface area contributed by atoms with Crippen LogP contribution in [0.3, 0.4) is 0 Å². The predicted octanol–water partition coefficient (Wildman–Crippen LogP) is 1.95. The molecule has 0 fully saturated rings. The maximum Gasteiger partial charge on any atom is 0.119 e. The second kappa shape index (κ2) is 6.51. The van der Waals surface area contributed by atoms with E-state index in [0.29, 0.717) is 6.61 Å². The van der Waals surface area contributed by atoms with E-state index in [2.05, 4.69) is 0 Å². The first-order valence-corrected chi connectivity index (χ1v) is 5.78. The number of aliphatic hydroxyl groups is 1. The van der Waals surface area contributed by atoms with Crippen molar-refractivity contribution in [1.29, 1.82) is 0 Å². The number of ether oxygens (including phenoxy) is 1. The van der Waals surface area contributed by atoms with Crippen molar-refractivity contribution in [2.24, 2.45) is 5.73 Å². The van der Waals surface area contributed by atoms with Gasteiger partial charge in [-0.2, -0.15) is 0 Å². The summed E-state index contributed by atoms with van der Waals surface area (Å²) in [7, 11) is 0. The zero-order chi connectivity index (χ0) is 11.9. The summed E-state index contributed by atoms with van der Waals surface area (Å²) < 4.78 is 5.55. The molecule has 3 nitrogen and oxygen atoms in total. The van der Waals surface area contributed by atoms with Gasteiger partial charge in [-0.1, -0.05) is 25.1 Å². The van der Waals surface area contributed by atoms with Crippen molar-refractivity contribution in [3.05, 3.63) is 30.3 Å². The van der Waals surface area contributed by atoms with E-state index in [-0.39, 0.29) is 6.61 Å². The molecule has 0 aliphatic heterocycles. The zero-order valence-corrected chi connectivity index (χ0v) is 9.86. The Morgan fingerprint density at radius 3 is 2.56 bits per heavy atom. The molecule has 1 rings (SSSR count). The minimum atomic E-state index is -0.444. The van der Waals surface area contributed by atoms with Crippen LogP contribution in [0.5, 0.6) is 5.75 Å². The number of benzene rings is 1. The lowest BCUT2D eigenvalue weighted by molar-refractivity contribution is 0.171. The first-order valence-electron chi connectivity index (χ1n) is 5.78. The molecule has 0 aromatic heterocycles. The zero-order valence-electron chi connectivity index (χ0n) is 9.86. The molecule has 0 radical (unpaired) electrons. The highest BCUT2D eigenvalue weighted by atomic mass is 16.5. The van der Waals surface area contributed by atoms with E-state index >= 15 is 0 Å². The van der Waals surface area contributed by atoms with E-state index in [0.717, 1.165) is 25.0 Å². The molecule has 1 aromatic carbocycles. The lowest BCUT2D eigenvalue weighted by Gasteiger charge is -2.25. The summed E-state index contributed by atoms with van der Waals surface area (Å²) in [6, 6.07) is 9.72. The summed E-state index contributed by atoms with van der Waals surface area (Å²) in [5.74, 6) is 0.880. The van der Waals surface area contributed by atoms with Crippen LogP contribution in [-0.4, -0.2) is 23.9 Å². The van der Waals surface area contributed by atoms with E-state index in [1.54, 1.807) is 0 Å². The molecule has 1 aromatic rings. The van der Waals surface area contributed by atoms with Crippen LogP contribution < -0.4 is 10.5 Å². The molecule has 0 aliphatic rings. The van der Waals surface area contributed by atoms with E-state index < -0.39 is 5.54 Å². The third kappa shape index (κ3) is 4.21. The van der Waals surface area contributed by atoms with Crippen LogP contribution in [0, 0.1) is 0 Å². The van der Waals surface area contributed by atoms with Crippen LogP contribution in [0.2, 0.25) is 0 Å². The number of aliphatic hydroxyl groups excluding tert-OH is 1. The third-order valence-corrected chi connectivity index (χ3v) is 2.85. The fraction of sp³-hybridized carbons (Fsp3) is 0.538. The van der Waals surface area contributed by atoms with E-state index in [4.69, 9.17) is 15.6 Å². The fourth-order valence-corrected chi connectivity index (χ4v) is 1.50. The average Bonchev–Trinajstić information content (AvgIpc) is 2.36. The molecule has 90 valence electrons. The van der Waals surface area contributed by atoms with Crippen LogP contribution in [0.1, 0.15) is 26.2 Å². The van der Waals surface area contributed by atoms with Crippen LogP contribution in [0.4, 0.5) is 0 Å². The van der Waals surface area contributed by atoms with Crippen LogP contribution in [0.15, 0.2) is 30.3 Å². The lowest BCUT2D eigenvalue weighted by Crippen LogP contribution is -2.43. The third-order valence-electron chi connectivity index (χ3n) is 2.85. The molecule has 1 unspecified atom stereocenters. The quantitative estimate of drug-likeness (QED) is 0.695. The van der Waals surface area contributed by atoms with Gasteiger partial charge >= 0.3 is 0 Å². The highest BCUT2D eigenvalue weighted by Crippen LogP contribution is 2.14. The topological polar surface area (TPSA) is 55.5 Å². The van der Waals surface area contributed by atoms with Gasteiger partial charge < -0.3 is 15.6 Å².